The molecule has 2 rings (SSSR count). The number of amides is 1. The third kappa shape index (κ3) is 5.70. The molecule has 1 aromatic heterocycles. The quantitative estimate of drug-likeness (QED) is 0.738. The van der Waals surface area contributed by atoms with Gasteiger partial charge in [-0.15, -0.1) is 0 Å². The van der Waals surface area contributed by atoms with E-state index in [1.807, 2.05) is 6.92 Å². The standard InChI is InChI=1S/C15H16N2O6/c1-2-20-11-3-5-12(6-4-11)21-10-15(19)22-9-14(18)16-13-7-8-23-17-13/h3-8H,2,9-10H2,1H3,(H,16,17,18). The van der Waals surface area contributed by atoms with E-state index >= 15 is 0 Å². The number of hydrogen-bond donors (Lipinski definition) is 1. The van der Waals surface area contributed by atoms with Crippen molar-refractivity contribution < 1.29 is 28.3 Å². The maximum atomic E-state index is 11.5. The Morgan fingerprint density at radius 3 is 2.39 bits per heavy atom. The predicted molar refractivity (Wildman–Crippen MR) is 79.2 cm³/mol. The van der Waals surface area contributed by atoms with Crippen LogP contribution in [0.3, 0.4) is 0 Å². The van der Waals surface area contributed by atoms with E-state index in [-0.39, 0.29) is 12.4 Å². The van der Waals surface area contributed by atoms with E-state index in [1.165, 1.54) is 12.3 Å². The molecule has 0 bridgehead atoms. The molecule has 1 amide bonds. The molecular formula is C15H16N2O6. The highest BCUT2D eigenvalue weighted by molar-refractivity contribution is 5.91. The lowest BCUT2D eigenvalue weighted by Gasteiger charge is -2.08. The lowest BCUT2D eigenvalue weighted by atomic mass is 10.3. The smallest absolute Gasteiger partial charge is 0.344 e. The molecule has 0 radical (unpaired) electrons. The van der Waals surface area contributed by atoms with Crippen LogP contribution in [0.15, 0.2) is 41.1 Å². The zero-order valence-corrected chi connectivity index (χ0v) is 12.5. The van der Waals surface area contributed by atoms with E-state index in [0.717, 1.165) is 0 Å². The van der Waals surface area contributed by atoms with Gasteiger partial charge in [0.15, 0.2) is 19.0 Å². The van der Waals surface area contributed by atoms with E-state index in [4.69, 9.17) is 14.2 Å². The molecule has 0 aliphatic heterocycles. The molecule has 122 valence electrons. The first-order chi connectivity index (χ1) is 11.2. The molecular weight excluding hydrogens is 304 g/mol. The van der Waals surface area contributed by atoms with Crippen molar-refractivity contribution in [3.8, 4) is 11.5 Å². The van der Waals surface area contributed by atoms with Crippen LogP contribution in [-0.2, 0) is 14.3 Å². The number of anilines is 1. The summed E-state index contributed by atoms with van der Waals surface area (Å²) in [5.41, 5.74) is 0. The van der Waals surface area contributed by atoms with Gasteiger partial charge in [-0.25, -0.2) is 4.79 Å². The molecule has 0 unspecified atom stereocenters. The van der Waals surface area contributed by atoms with Crippen LogP contribution < -0.4 is 14.8 Å². The molecule has 1 heterocycles. The minimum atomic E-state index is -0.658. The zero-order valence-electron chi connectivity index (χ0n) is 12.5. The van der Waals surface area contributed by atoms with Gasteiger partial charge >= 0.3 is 5.97 Å². The molecule has 0 aliphatic carbocycles. The van der Waals surface area contributed by atoms with Crippen molar-refractivity contribution in [1.82, 2.24) is 5.16 Å². The molecule has 23 heavy (non-hydrogen) atoms. The van der Waals surface area contributed by atoms with Crippen LogP contribution in [-0.4, -0.2) is 36.9 Å². The van der Waals surface area contributed by atoms with Crippen LogP contribution in [0.4, 0.5) is 5.82 Å². The Morgan fingerprint density at radius 1 is 1.09 bits per heavy atom. The predicted octanol–water partition coefficient (Wildman–Crippen LogP) is 1.63. The van der Waals surface area contributed by atoms with Gasteiger partial charge in [0.25, 0.3) is 5.91 Å². The number of carbonyl (C=O) groups is 2. The van der Waals surface area contributed by atoms with E-state index < -0.39 is 18.5 Å². The maximum absolute atomic E-state index is 11.5. The van der Waals surface area contributed by atoms with Crippen LogP contribution in [0.1, 0.15) is 6.92 Å². The monoisotopic (exact) mass is 320 g/mol. The number of ether oxygens (including phenoxy) is 3. The number of aromatic nitrogens is 1. The van der Waals surface area contributed by atoms with Crippen molar-refractivity contribution in [2.75, 3.05) is 25.1 Å². The highest BCUT2D eigenvalue weighted by atomic mass is 16.6. The number of carbonyl (C=O) groups excluding carboxylic acids is 2. The largest absolute Gasteiger partial charge is 0.494 e. The Morgan fingerprint density at radius 2 is 1.78 bits per heavy atom. The summed E-state index contributed by atoms with van der Waals surface area (Å²) in [5, 5.41) is 5.89. The maximum Gasteiger partial charge on any atom is 0.344 e. The fourth-order valence-corrected chi connectivity index (χ4v) is 1.58. The average molecular weight is 320 g/mol. The van der Waals surface area contributed by atoms with Crippen molar-refractivity contribution in [2.24, 2.45) is 0 Å². The summed E-state index contributed by atoms with van der Waals surface area (Å²) < 4.78 is 19.9. The average Bonchev–Trinajstić information content (AvgIpc) is 3.05. The number of esters is 1. The highest BCUT2D eigenvalue weighted by Crippen LogP contribution is 2.17. The molecule has 0 atom stereocenters. The van der Waals surface area contributed by atoms with Crippen molar-refractivity contribution in [3.63, 3.8) is 0 Å². The number of nitrogens with one attached hydrogen (secondary N) is 1. The van der Waals surface area contributed by atoms with Gasteiger partial charge in [0.05, 0.1) is 6.61 Å². The summed E-state index contributed by atoms with van der Waals surface area (Å²) in [5.74, 6) is 0.281. The lowest BCUT2D eigenvalue weighted by molar-refractivity contribution is -0.149. The molecule has 0 spiro atoms. The normalized spacial score (nSPS) is 9.96. The minimum Gasteiger partial charge on any atom is -0.494 e. The number of hydrogen-bond acceptors (Lipinski definition) is 7. The third-order valence-corrected chi connectivity index (χ3v) is 2.56. The molecule has 0 saturated heterocycles. The molecule has 0 fully saturated rings. The summed E-state index contributed by atoms with van der Waals surface area (Å²) in [6.07, 6.45) is 1.31. The van der Waals surface area contributed by atoms with Crippen LogP contribution in [0.25, 0.3) is 0 Å². The SMILES string of the molecule is CCOc1ccc(OCC(=O)OCC(=O)Nc2ccon2)cc1. The Kier molecular flexibility index (Phi) is 5.98. The van der Waals surface area contributed by atoms with Gasteiger partial charge in [0, 0.05) is 6.07 Å². The Hall–Kier alpha value is -3.03. The molecule has 0 saturated carbocycles. The Balaban J connectivity index is 1.67. The van der Waals surface area contributed by atoms with Crippen LogP contribution in [0.5, 0.6) is 11.5 Å². The first-order valence-corrected chi connectivity index (χ1v) is 6.89. The second-order valence-corrected chi connectivity index (χ2v) is 4.29. The first-order valence-electron chi connectivity index (χ1n) is 6.89. The van der Waals surface area contributed by atoms with Crippen molar-refractivity contribution in [2.45, 2.75) is 6.92 Å². The third-order valence-electron chi connectivity index (χ3n) is 2.56. The van der Waals surface area contributed by atoms with E-state index in [0.29, 0.717) is 18.1 Å². The second kappa shape index (κ2) is 8.42. The van der Waals surface area contributed by atoms with E-state index in [9.17, 15) is 9.59 Å². The fraction of sp³-hybridized carbons (Fsp3) is 0.267. The number of nitrogens with zero attached hydrogens (tertiary/aromatic N) is 1. The molecule has 0 aliphatic rings. The molecule has 8 heteroatoms. The second-order valence-electron chi connectivity index (χ2n) is 4.29. The topological polar surface area (TPSA) is 99.9 Å². The summed E-state index contributed by atoms with van der Waals surface area (Å²) in [4.78, 5) is 23.0. The van der Waals surface area contributed by atoms with Crippen molar-refractivity contribution in [3.05, 3.63) is 36.6 Å². The summed E-state index contributed by atoms with van der Waals surface area (Å²) in [7, 11) is 0. The summed E-state index contributed by atoms with van der Waals surface area (Å²) >= 11 is 0. The Bertz CT molecular complexity index is 624. The minimum absolute atomic E-state index is 0.247. The van der Waals surface area contributed by atoms with Crippen molar-refractivity contribution in [1.29, 1.82) is 0 Å². The molecule has 8 nitrogen and oxygen atoms in total. The molecule has 2 aromatic rings. The van der Waals surface area contributed by atoms with E-state index in [2.05, 4.69) is 15.0 Å². The van der Waals surface area contributed by atoms with Gasteiger partial charge in [-0.2, -0.15) is 0 Å². The van der Waals surface area contributed by atoms with Gasteiger partial charge in [0.2, 0.25) is 0 Å². The Labute approximate surface area is 132 Å². The zero-order chi connectivity index (χ0) is 16.5. The number of benzene rings is 1. The fourth-order valence-electron chi connectivity index (χ4n) is 1.58. The van der Waals surface area contributed by atoms with E-state index in [1.54, 1.807) is 24.3 Å². The van der Waals surface area contributed by atoms with Crippen LogP contribution in [0.2, 0.25) is 0 Å². The van der Waals surface area contributed by atoms with Gasteiger partial charge in [0.1, 0.15) is 17.8 Å². The van der Waals surface area contributed by atoms with Gasteiger partial charge in [-0.1, -0.05) is 5.16 Å². The summed E-state index contributed by atoms with van der Waals surface area (Å²) in [6, 6.07) is 8.28. The van der Waals surface area contributed by atoms with Gasteiger partial charge in [-0.3, -0.25) is 4.79 Å². The van der Waals surface area contributed by atoms with Crippen LogP contribution in [0, 0.1) is 0 Å². The number of rotatable bonds is 8. The lowest BCUT2D eigenvalue weighted by Crippen LogP contribution is -2.23. The summed E-state index contributed by atoms with van der Waals surface area (Å²) in [6.45, 7) is 1.73. The highest BCUT2D eigenvalue weighted by Gasteiger charge is 2.10. The van der Waals surface area contributed by atoms with Crippen molar-refractivity contribution >= 4 is 17.7 Å². The molecule has 1 aromatic carbocycles. The molecule has 1 N–H and O–H groups in total. The van der Waals surface area contributed by atoms with Gasteiger partial charge in [-0.05, 0) is 31.2 Å². The van der Waals surface area contributed by atoms with Crippen LogP contribution >= 0.6 is 0 Å². The first kappa shape index (κ1) is 16.3. The van der Waals surface area contributed by atoms with Gasteiger partial charge < -0.3 is 24.1 Å².